The van der Waals surface area contributed by atoms with Gasteiger partial charge in [0.05, 0.1) is 5.69 Å². The predicted molar refractivity (Wildman–Crippen MR) is 71.4 cm³/mol. The van der Waals surface area contributed by atoms with Crippen molar-refractivity contribution in [2.45, 2.75) is 26.4 Å². The molecule has 4 nitrogen and oxygen atoms in total. The first-order valence-electron chi connectivity index (χ1n) is 5.73. The smallest absolute Gasteiger partial charge is 0.412 e. The van der Waals surface area contributed by atoms with Crippen LogP contribution in [0.3, 0.4) is 0 Å². The maximum Gasteiger partial charge on any atom is 0.412 e. The fraction of sp³-hybridized carbons (Fsp3) is 0.286. The SMILES string of the molecule is CC(C)(C)OC(=O)Nc1ccc(F)cc1/C=C/C=O. The Labute approximate surface area is 111 Å². The number of hydrogen-bond acceptors (Lipinski definition) is 3. The fourth-order valence-corrected chi connectivity index (χ4v) is 1.34. The molecule has 0 aliphatic heterocycles. The topological polar surface area (TPSA) is 55.4 Å². The molecule has 0 radical (unpaired) electrons. The number of hydrogen-bond donors (Lipinski definition) is 1. The highest BCUT2D eigenvalue weighted by molar-refractivity contribution is 5.89. The number of nitrogens with one attached hydrogen (secondary N) is 1. The molecular formula is C14H16FNO3. The summed E-state index contributed by atoms with van der Waals surface area (Å²) in [6, 6.07) is 3.83. The van der Waals surface area contributed by atoms with Crippen LogP contribution in [0, 0.1) is 5.82 Å². The molecule has 0 aliphatic carbocycles. The number of carbonyl (C=O) groups excluding carboxylic acids is 2. The molecule has 0 saturated carbocycles. The first kappa shape index (κ1) is 14.9. The summed E-state index contributed by atoms with van der Waals surface area (Å²) in [4.78, 5) is 21.9. The highest BCUT2D eigenvalue weighted by Crippen LogP contribution is 2.19. The van der Waals surface area contributed by atoms with Gasteiger partial charge in [-0.25, -0.2) is 9.18 Å². The Bertz CT molecular complexity index is 504. The zero-order chi connectivity index (χ0) is 14.5. The second-order valence-corrected chi connectivity index (χ2v) is 4.85. The zero-order valence-corrected chi connectivity index (χ0v) is 11.1. The van der Waals surface area contributed by atoms with Crippen molar-refractivity contribution in [1.82, 2.24) is 0 Å². The minimum Gasteiger partial charge on any atom is -0.444 e. The van der Waals surface area contributed by atoms with E-state index < -0.39 is 17.5 Å². The average Bonchev–Trinajstić information content (AvgIpc) is 2.27. The summed E-state index contributed by atoms with van der Waals surface area (Å²) in [6.07, 6.45) is 2.56. The molecule has 0 aromatic heterocycles. The van der Waals surface area contributed by atoms with E-state index >= 15 is 0 Å². The summed E-state index contributed by atoms with van der Waals surface area (Å²) in [5, 5.41) is 2.51. The van der Waals surface area contributed by atoms with Crippen molar-refractivity contribution in [3.05, 3.63) is 35.7 Å². The number of rotatable bonds is 3. The molecule has 19 heavy (non-hydrogen) atoms. The number of ether oxygens (including phenoxy) is 1. The first-order chi connectivity index (χ1) is 8.81. The molecule has 1 N–H and O–H groups in total. The van der Waals surface area contributed by atoms with Crippen LogP contribution in [0.1, 0.15) is 26.3 Å². The number of aldehydes is 1. The third-order valence-corrected chi connectivity index (χ3v) is 2.00. The lowest BCUT2D eigenvalue weighted by atomic mass is 10.1. The maximum atomic E-state index is 13.1. The van der Waals surface area contributed by atoms with Gasteiger partial charge in [0, 0.05) is 5.56 Å². The Hall–Kier alpha value is -2.17. The second kappa shape index (κ2) is 6.13. The fourth-order valence-electron chi connectivity index (χ4n) is 1.34. The van der Waals surface area contributed by atoms with Crippen molar-refractivity contribution in [3.8, 4) is 0 Å². The standard InChI is InChI=1S/C14H16FNO3/c1-14(2,3)19-13(18)16-12-7-6-11(15)9-10(12)5-4-8-17/h4-9H,1-3H3,(H,16,18)/b5-4+. The minimum atomic E-state index is -0.639. The molecule has 5 heteroatoms. The molecule has 1 aromatic rings. The molecule has 0 atom stereocenters. The van der Waals surface area contributed by atoms with Gasteiger partial charge >= 0.3 is 6.09 Å². The van der Waals surface area contributed by atoms with Crippen molar-refractivity contribution < 1.29 is 18.7 Å². The summed E-state index contributed by atoms with van der Waals surface area (Å²) < 4.78 is 18.2. The summed E-state index contributed by atoms with van der Waals surface area (Å²) >= 11 is 0. The van der Waals surface area contributed by atoms with E-state index in [9.17, 15) is 14.0 Å². The van der Waals surface area contributed by atoms with Gasteiger partial charge in [0.15, 0.2) is 0 Å². The number of carbonyl (C=O) groups is 2. The summed E-state index contributed by atoms with van der Waals surface area (Å²) in [7, 11) is 0. The van der Waals surface area contributed by atoms with E-state index in [1.807, 2.05) is 0 Å². The van der Waals surface area contributed by atoms with E-state index in [4.69, 9.17) is 4.74 Å². The Morgan fingerprint density at radius 1 is 1.37 bits per heavy atom. The summed E-state index contributed by atoms with van der Waals surface area (Å²) in [5.74, 6) is -0.458. The van der Waals surface area contributed by atoms with E-state index in [-0.39, 0.29) is 0 Å². The molecule has 0 unspecified atom stereocenters. The highest BCUT2D eigenvalue weighted by Gasteiger charge is 2.16. The summed E-state index contributed by atoms with van der Waals surface area (Å²) in [6.45, 7) is 5.22. The van der Waals surface area contributed by atoms with E-state index in [2.05, 4.69) is 5.32 Å². The molecule has 0 fully saturated rings. The third kappa shape index (κ3) is 5.33. The van der Waals surface area contributed by atoms with Gasteiger partial charge in [-0.15, -0.1) is 0 Å². The van der Waals surface area contributed by atoms with Crippen molar-refractivity contribution >= 4 is 24.1 Å². The van der Waals surface area contributed by atoms with Gasteiger partial charge in [-0.2, -0.15) is 0 Å². The zero-order valence-electron chi connectivity index (χ0n) is 11.1. The minimum absolute atomic E-state index is 0.369. The van der Waals surface area contributed by atoms with Gasteiger partial charge in [-0.05, 0) is 51.1 Å². The number of anilines is 1. The Kier molecular flexibility index (Phi) is 4.80. The van der Waals surface area contributed by atoms with Gasteiger partial charge in [0.2, 0.25) is 0 Å². The van der Waals surface area contributed by atoms with Gasteiger partial charge in [-0.1, -0.05) is 0 Å². The summed E-state index contributed by atoms with van der Waals surface area (Å²) in [5.41, 5.74) is 0.134. The van der Waals surface area contributed by atoms with E-state index in [1.54, 1.807) is 20.8 Å². The molecular weight excluding hydrogens is 249 g/mol. The highest BCUT2D eigenvalue weighted by atomic mass is 19.1. The van der Waals surface area contributed by atoms with Crippen molar-refractivity contribution in [1.29, 1.82) is 0 Å². The number of allylic oxidation sites excluding steroid dienone is 1. The van der Waals surface area contributed by atoms with Gasteiger partial charge in [-0.3, -0.25) is 10.1 Å². The van der Waals surface area contributed by atoms with Gasteiger partial charge in [0.25, 0.3) is 0 Å². The number of halogens is 1. The molecule has 0 bridgehead atoms. The van der Waals surface area contributed by atoms with Crippen LogP contribution < -0.4 is 5.32 Å². The van der Waals surface area contributed by atoms with Crippen LogP contribution in [-0.4, -0.2) is 18.0 Å². The number of benzene rings is 1. The van der Waals surface area contributed by atoms with Crippen LogP contribution in [0.2, 0.25) is 0 Å². The van der Waals surface area contributed by atoms with Crippen molar-refractivity contribution in [2.24, 2.45) is 0 Å². The maximum absolute atomic E-state index is 13.1. The Morgan fingerprint density at radius 2 is 2.05 bits per heavy atom. The van der Waals surface area contributed by atoms with Crippen LogP contribution >= 0.6 is 0 Å². The molecule has 102 valence electrons. The quantitative estimate of drug-likeness (QED) is 0.673. The van der Waals surface area contributed by atoms with Gasteiger partial charge in [0.1, 0.15) is 17.7 Å². The molecule has 0 saturated heterocycles. The van der Waals surface area contributed by atoms with Crippen molar-refractivity contribution in [3.63, 3.8) is 0 Å². The van der Waals surface area contributed by atoms with E-state index in [0.717, 1.165) is 0 Å². The van der Waals surface area contributed by atoms with Crippen LogP contribution in [0.15, 0.2) is 24.3 Å². The lowest BCUT2D eigenvalue weighted by molar-refractivity contribution is -0.104. The van der Waals surface area contributed by atoms with Crippen LogP contribution in [-0.2, 0) is 9.53 Å². The lowest BCUT2D eigenvalue weighted by Crippen LogP contribution is -2.27. The Morgan fingerprint density at radius 3 is 2.63 bits per heavy atom. The lowest BCUT2D eigenvalue weighted by Gasteiger charge is -2.20. The molecule has 1 rings (SSSR count). The monoisotopic (exact) mass is 265 g/mol. The first-order valence-corrected chi connectivity index (χ1v) is 5.73. The third-order valence-electron chi connectivity index (χ3n) is 2.00. The van der Waals surface area contributed by atoms with Crippen LogP contribution in [0.4, 0.5) is 14.9 Å². The van der Waals surface area contributed by atoms with Crippen LogP contribution in [0.5, 0.6) is 0 Å². The molecule has 0 spiro atoms. The molecule has 1 amide bonds. The van der Waals surface area contributed by atoms with E-state index in [0.29, 0.717) is 17.5 Å². The normalized spacial score (nSPS) is 11.4. The molecule has 1 aromatic carbocycles. The van der Waals surface area contributed by atoms with E-state index in [1.165, 1.54) is 30.4 Å². The average molecular weight is 265 g/mol. The molecule has 0 heterocycles. The van der Waals surface area contributed by atoms with Crippen molar-refractivity contribution in [2.75, 3.05) is 5.32 Å². The largest absolute Gasteiger partial charge is 0.444 e. The van der Waals surface area contributed by atoms with Crippen LogP contribution in [0.25, 0.3) is 6.08 Å². The Balaban J connectivity index is 2.91. The molecule has 0 aliphatic rings. The number of amides is 1. The second-order valence-electron chi connectivity index (χ2n) is 4.85. The van der Waals surface area contributed by atoms with Gasteiger partial charge < -0.3 is 4.74 Å². The predicted octanol–water partition coefficient (Wildman–Crippen LogP) is 3.38.